The number of aryl methyl sites for hydroxylation is 1. The molecule has 0 fully saturated rings. The van der Waals surface area contributed by atoms with Crippen LogP contribution in [0.25, 0.3) is 0 Å². The second-order valence-corrected chi connectivity index (χ2v) is 4.47. The Morgan fingerprint density at radius 3 is 2.94 bits per heavy atom. The van der Waals surface area contributed by atoms with Crippen LogP contribution in [0.2, 0.25) is 0 Å². The molecule has 0 radical (unpaired) electrons. The number of Topliss-reactive ketones (excluding diaryl/α,β-unsaturated/α-hetero) is 1. The number of ketones is 1. The van der Waals surface area contributed by atoms with Crippen LogP contribution in [-0.4, -0.2) is 16.9 Å². The monoisotopic (exact) mass is 239 g/mol. The molecule has 0 amide bonds. The fraction of sp³-hybridized carbons (Fsp3) is 0.200. The van der Waals surface area contributed by atoms with Gasteiger partial charge in [-0.05, 0) is 30.2 Å². The van der Waals surface area contributed by atoms with Crippen LogP contribution in [0.3, 0.4) is 0 Å². The average Bonchev–Trinajstić information content (AvgIpc) is 2.82. The number of pyridine rings is 1. The quantitative estimate of drug-likeness (QED) is 0.756. The Labute approximate surface area is 105 Å². The van der Waals surface area contributed by atoms with Gasteiger partial charge < -0.3 is 4.74 Å². The molecule has 0 N–H and O–H groups in total. The first-order valence-electron chi connectivity index (χ1n) is 5.95. The molecule has 1 atom stereocenters. The molecule has 3 heteroatoms. The normalized spacial score (nSPS) is 17.1. The minimum atomic E-state index is -0.412. The van der Waals surface area contributed by atoms with Gasteiger partial charge in [0.25, 0.3) is 0 Å². The van der Waals surface area contributed by atoms with Crippen molar-refractivity contribution in [1.29, 1.82) is 0 Å². The summed E-state index contributed by atoms with van der Waals surface area (Å²) in [6.07, 6.45) is 3.54. The largest absolute Gasteiger partial charge is 0.482 e. The molecular weight excluding hydrogens is 226 g/mol. The molecule has 18 heavy (non-hydrogen) atoms. The summed E-state index contributed by atoms with van der Waals surface area (Å²) in [5.74, 6) is 0.828. The van der Waals surface area contributed by atoms with Gasteiger partial charge in [0.05, 0.1) is 0 Å². The van der Waals surface area contributed by atoms with E-state index in [0.717, 1.165) is 16.9 Å². The molecule has 2 heterocycles. The van der Waals surface area contributed by atoms with E-state index in [1.54, 1.807) is 12.4 Å². The fourth-order valence-corrected chi connectivity index (χ4v) is 2.22. The summed E-state index contributed by atoms with van der Waals surface area (Å²) >= 11 is 0. The first kappa shape index (κ1) is 11.0. The zero-order chi connectivity index (χ0) is 12.5. The van der Waals surface area contributed by atoms with Crippen LogP contribution < -0.4 is 4.74 Å². The average molecular weight is 239 g/mol. The third kappa shape index (κ3) is 1.78. The van der Waals surface area contributed by atoms with Gasteiger partial charge in [-0.25, -0.2) is 0 Å². The van der Waals surface area contributed by atoms with Gasteiger partial charge in [0.1, 0.15) is 5.75 Å². The van der Waals surface area contributed by atoms with Crippen LogP contribution in [0.15, 0.2) is 42.7 Å². The number of benzene rings is 1. The van der Waals surface area contributed by atoms with Crippen molar-refractivity contribution in [2.45, 2.75) is 19.4 Å². The number of carbonyl (C=O) groups is 1. The van der Waals surface area contributed by atoms with Crippen molar-refractivity contribution in [2.75, 3.05) is 0 Å². The highest BCUT2D eigenvalue weighted by Gasteiger charge is 2.30. The Balaban J connectivity index is 1.87. The minimum absolute atomic E-state index is 0.0109. The second kappa shape index (κ2) is 4.26. The van der Waals surface area contributed by atoms with Crippen LogP contribution in [0, 0.1) is 6.92 Å². The molecule has 3 nitrogen and oxygen atoms in total. The lowest BCUT2D eigenvalue weighted by atomic mass is 10.0. The van der Waals surface area contributed by atoms with E-state index in [2.05, 4.69) is 4.98 Å². The maximum atomic E-state index is 12.4. The van der Waals surface area contributed by atoms with Crippen molar-refractivity contribution in [2.24, 2.45) is 0 Å². The standard InChI is InChI=1S/C15H13NO2/c1-10-6-7-16-9-12(10)15(17)14-8-11-4-2-3-5-13(11)18-14/h2-7,9,14H,8H2,1H3. The number of hydrogen-bond acceptors (Lipinski definition) is 3. The molecule has 90 valence electrons. The summed E-state index contributed by atoms with van der Waals surface area (Å²) in [4.78, 5) is 16.4. The fourth-order valence-electron chi connectivity index (χ4n) is 2.22. The van der Waals surface area contributed by atoms with E-state index >= 15 is 0 Å². The summed E-state index contributed by atoms with van der Waals surface area (Å²) in [5.41, 5.74) is 2.68. The van der Waals surface area contributed by atoms with Crippen molar-refractivity contribution in [3.05, 3.63) is 59.4 Å². The van der Waals surface area contributed by atoms with Crippen molar-refractivity contribution >= 4 is 5.78 Å². The molecule has 0 saturated heterocycles. The molecule has 1 aliphatic rings. The van der Waals surface area contributed by atoms with Gasteiger partial charge >= 0.3 is 0 Å². The van der Waals surface area contributed by atoms with Gasteiger partial charge in [0.15, 0.2) is 6.10 Å². The van der Waals surface area contributed by atoms with E-state index in [9.17, 15) is 4.79 Å². The SMILES string of the molecule is Cc1ccncc1C(=O)C1Cc2ccccc2O1. The molecule has 0 spiro atoms. The first-order chi connectivity index (χ1) is 8.75. The summed E-state index contributed by atoms with van der Waals surface area (Å²) in [6.45, 7) is 1.91. The third-order valence-corrected chi connectivity index (χ3v) is 3.24. The summed E-state index contributed by atoms with van der Waals surface area (Å²) in [7, 11) is 0. The topological polar surface area (TPSA) is 39.2 Å². The number of fused-ring (bicyclic) bond motifs is 1. The highest BCUT2D eigenvalue weighted by atomic mass is 16.5. The van der Waals surface area contributed by atoms with E-state index in [1.807, 2.05) is 37.3 Å². The number of carbonyl (C=O) groups excluding carboxylic acids is 1. The molecule has 0 aliphatic carbocycles. The van der Waals surface area contributed by atoms with Gasteiger partial charge in [0.2, 0.25) is 5.78 Å². The smallest absolute Gasteiger partial charge is 0.205 e. The molecule has 3 rings (SSSR count). The van der Waals surface area contributed by atoms with Crippen LogP contribution >= 0.6 is 0 Å². The molecule has 1 aromatic heterocycles. The summed E-state index contributed by atoms with van der Waals surface area (Å²) in [6, 6.07) is 9.62. The predicted molar refractivity (Wildman–Crippen MR) is 67.9 cm³/mol. The van der Waals surface area contributed by atoms with Crippen LogP contribution in [-0.2, 0) is 6.42 Å². The molecule has 2 aromatic rings. The van der Waals surface area contributed by atoms with Crippen molar-refractivity contribution < 1.29 is 9.53 Å². The zero-order valence-corrected chi connectivity index (χ0v) is 10.1. The number of aromatic nitrogens is 1. The molecule has 1 aromatic carbocycles. The highest BCUT2D eigenvalue weighted by molar-refractivity contribution is 6.01. The Bertz CT molecular complexity index is 582. The van der Waals surface area contributed by atoms with Gasteiger partial charge in [-0.15, -0.1) is 0 Å². The number of rotatable bonds is 2. The van der Waals surface area contributed by atoms with E-state index in [1.165, 1.54) is 0 Å². The Morgan fingerprint density at radius 1 is 1.33 bits per heavy atom. The lowest BCUT2D eigenvalue weighted by Crippen LogP contribution is -2.26. The maximum absolute atomic E-state index is 12.4. The lowest BCUT2D eigenvalue weighted by Gasteiger charge is -2.10. The van der Waals surface area contributed by atoms with E-state index < -0.39 is 6.10 Å². The van der Waals surface area contributed by atoms with E-state index in [4.69, 9.17) is 4.74 Å². The molecule has 0 bridgehead atoms. The number of ether oxygens (including phenoxy) is 1. The highest BCUT2D eigenvalue weighted by Crippen LogP contribution is 2.29. The third-order valence-electron chi connectivity index (χ3n) is 3.24. The van der Waals surface area contributed by atoms with Crippen LogP contribution in [0.5, 0.6) is 5.75 Å². The van der Waals surface area contributed by atoms with E-state index in [0.29, 0.717) is 12.0 Å². The Hall–Kier alpha value is -2.16. The van der Waals surface area contributed by atoms with E-state index in [-0.39, 0.29) is 5.78 Å². The Kier molecular flexibility index (Phi) is 2.59. The molecule has 1 unspecified atom stereocenters. The maximum Gasteiger partial charge on any atom is 0.205 e. The summed E-state index contributed by atoms with van der Waals surface area (Å²) < 4.78 is 5.70. The van der Waals surface area contributed by atoms with Crippen molar-refractivity contribution in [3.8, 4) is 5.75 Å². The number of nitrogens with zero attached hydrogens (tertiary/aromatic N) is 1. The van der Waals surface area contributed by atoms with Gasteiger partial charge in [-0.3, -0.25) is 9.78 Å². The van der Waals surface area contributed by atoms with Crippen LogP contribution in [0.4, 0.5) is 0 Å². The Morgan fingerprint density at radius 2 is 2.17 bits per heavy atom. The lowest BCUT2D eigenvalue weighted by molar-refractivity contribution is 0.0823. The van der Waals surface area contributed by atoms with Crippen molar-refractivity contribution in [1.82, 2.24) is 4.98 Å². The second-order valence-electron chi connectivity index (χ2n) is 4.47. The zero-order valence-electron chi connectivity index (χ0n) is 10.1. The van der Waals surface area contributed by atoms with Gasteiger partial charge in [-0.1, -0.05) is 18.2 Å². The summed E-state index contributed by atoms with van der Waals surface area (Å²) in [5, 5.41) is 0. The number of hydrogen-bond donors (Lipinski definition) is 0. The number of para-hydroxylation sites is 1. The first-order valence-corrected chi connectivity index (χ1v) is 5.95. The van der Waals surface area contributed by atoms with Crippen LogP contribution in [0.1, 0.15) is 21.5 Å². The minimum Gasteiger partial charge on any atom is -0.482 e. The van der Waals surface area contributed by atoms with Gasteiger partial charge in [0, 0.05) is 24.4 Å². The molecule has 0 saturated carbocycles. The molecule has 1 aliphatic heterocycles. The predicted octanol–water partition coefficient (Wildman–Crippen LogP) is 2.58. The van der Waals surface area contributed by atoms with Crippen molar-refractivity contribution in [3.63, 3.8) is 0 Å². The molecular formula is C15H13NO2. The van der Waals surface area contributed by atoms with Gasteiger partial charge in [-0.2, -0.15) is 0 Å².